The topological polar surface area (TPSA) is 64.9 Å². The van der Waals surface area contributed by atoms with Crippen molar-refractivity contribution in [3.63, 3.8) is 0 Å². The maximum atomic E-state index is 13.7. The molecule has 2 aromatic rings. The first kappa shape index (κ1) is 12.2. The van der Waals surface area contributed by atoms with E-state index in [9.17, 15) is 4.39 Å². The average Bonchev–Trinajstić information content (AvgIpc) is 2.65. The average molecular weight is 300 g/mol. The van der Waals surface area contributed by atoms with Gasteiger partial charge in [-0.3, -0.25) is 0 Å². The molecule has 4 nitrogen and oxygen atoms in total. The Morgan fingerprint density at radius 3 is 2.65 bits per heavy atom. The van der Waals surface area contributed by atoms with E-state index in [0.717, 1.165) is 0 Å². The monoisotopic (exact) mass is 299 g/mol. The van der Waals surface area contributed by atoms with E-state index < -0.39 is 11.4 Å². The van der Waals surface area contributed by atoms with Crippen LogP contribution < -0.4 is 5.73 Å². The van der Waals surface area contributed by atoms with Gasteiger partial charge in [-0.2, -0.15) is 4.98 Å². The van der Waals surface area contributed by atoms with Crippen molar-refractivity contribution < 1.29 is 8.91 Å². The largest absolute Gasteiger partial charge is 0.334 e. The van der Waals surface area contributed by atoms with Crippen molar-refractivity contribution in [1.29, 1.82) is 0 Å². The number of benzene rings is 1. The highest BCUT2D eigenvalue weighted by atomic mass is 79.9. The highest BCUT2D eigenvalue weighted by Crippen LogP contribution is 2.30. The zero-order chi connectivity index (χ0) is 12.6. The molecule has 0 aliphatic rings. The number of aromatic nitrogens is 2. The number of nitrogens with two attached hydrogens (primary N) is 1. The van der Waals surface area contributed by atoms with Crippen molar-refractivity contribution in [2.75, 3.05) is 0 Å². The molecule has 2 N–H and O–H groups in total. The molecule has 0 atom stereocenters. The van der Waals surface area contributed by atoms with Gasteiger partial charge >= 0.3 is 0 Å². The van der Waals surface area contributed by atoms with Crippen LogP contribution in [0.3, 0.4) is 0 Å². The van der Waals surface area contributed by atoms with E-state index in [4.69, 9.17) is 10.3 Å². The molecular weight excluding hydrogens is 289 g/mol. The van der Waals surface area contributed by atoms with Crippen molar-refractivity contribution in [2.24, 2.45) is 5.73 Å². The minimum absolute atomic E-state index is 0.114. The lowest BCUT2D eigenvalue weighted by Gasteiger charge is -2.11. The standard InChI is InChI=1S/C11H11BrFN3O/c1-11(2,14)10-15-9(17-16-10)8-6(12)4-3-5-7(8)13/h3-5H,14H2,1-2H3. The molecule has 0 fully saturated rings. The van der Waals surface area contributed by atoms with Crippen molar-refractivity contribution in [3.8, 4) is 11.5 Å². The third-order valence-electron chi connectivity index (χ3n) is 2.18. The molecular formula is C11H11BrFN3O. The van der Waals surface area contributed by atoms with Crippen LogP contribution in [0.15, 0.2) is 27.2 Å². The van der Waals surface area contributed by atoms with Gasteiger partial charge in [0, 0.05) is 4.47 Å². The zero-order valence-electron chi connectivity index (χ0n) is 9.37. The highest BCUT2D eigenvalue weighted by Gasteiger charge is 2.24. The van der Waals surface area contributed by atoms with Crippen LogP contribution in [0.2, 0.25) is 0 Å². The zero-order valence-corrected chi connectivity index (χ0v) is 11.0. The summed E-state index contributed by atoms with van der Waals surface area (Å²) in [5, 5.41) is 3.75. The van der Waals surface area contributed by atoms with Gasteiger partial charge in [0.25, 0.3) is 5.89 Å². The van der Waals surface area contributed by atoms with Gasteiger partial charge in [0.15, 0.2) is 5.82 Å². The highest BCUT2D eigenvalue weighted by molar-refractivity contribution is 9.10. The molecule has 0 amide bonds. The number of rotatable bonds is 2. The van der Waals surface area contributed by atoms with E-state index in [-0.39, 0.29) is 11.5 Å². The second kappa shape index (κ2) is 4.19. The quantitative estimate of drug-likeness (QED) is 0.926. The van der Waals surface area contributed by atoms with E-state index in [0.29, 0.717) is 10.3 Å². The fraction of sp³-hybridized carbons (Fsp3) is 0.273. The van der Waals surface area contributed by atoms with E-state index in [1.54, 1.807) is 26.0 Å². The normalized spacial score (nSPS) is 11.8. The van der Waals surface area contributed by atoms with Gasteiger partial charge in [-0.25, -0.2) is 4.39 Å². The Bertz CT molecular complexity index is 528. The van der Waals surface area contributed by atoms with Gasteiger partial charge in [-0.15, -0.1) is 0 Å². The molecule has 0 aliphatic carbocycles. The van der Waals surface area contributed by atoms with E-state index in [1.165, 1.54) is 6.07 Å². The first-order valence-electron chi connectivity index (χ1n) is 4.97. The Balaban J connectivity index is 2.51. The third kappa shape index (κ3) is 2.37. The fourth-order valence-electron chi connectivity index (χ4n) is 1.29. The molecule has 0 saturated heterocycles. The van der Waals surface area contributed by atoms with Gasteiger partial charge in [-0.05, 0) is 41.9 Å². The molecule has 6 heteroatoms. The summed E-state index contributed by atoms with van der Waals surface area (Å²) in [4.78, 5) is 4.10. The van der Waals surface area contributed by atoms with Crippen molar-refractivity contribution in [3.05, 3.63) is 34.3 Å². The Morgan fingerprint density at radius 1 is 1.41 bits per heavy atom. The smallest absolute Gasteiger partial charge is 0.262 e. The van der Waals surface area contributed by atoms with Crippen LogP contribution in [0, 0.1) is 5.82 Å². The fourth-order valence-corrected chi connectivity index (χ4v) is 1.80. The lowest BCUT2D eigenvalue weighted by atomic mass is 10.1. The van der Waals surface area contributed by atoms with Gasteiger partial charge in [-0.1, -0.05) is 11.2 Å². The Labute approximate surface area is 106 Å². The van der Waals surface area contributed by atoms with Crippen molar-refractivity contribution >= 4 is 15.9 Å². The minimum atomic E-state index is -0.723. The number of halogens is 2. The summed E-state index contributed by atoms with van der Waals surface area (Å²) in [6, 6.07) is 4.63. The van der Waals surface area contributed by atoms with Gasteiger partial charge in [0.1, 0.15) is 5.82 Å². The summed E-state index contributed by atoms with van der Waals surface area (Å²) in [5.74, 6) is 0.0237. The molecule has 2 rings (SSSR count). The van der Waals surface area contributed by atoms with Crippen LogP contribution in [0.25, 0.3) is 11.5 Å². The second-order valence-corrected chi connectivity index (χ2v) is 5.10. The molecule has 0 radical (unpaired) electrons. The first-order chi connectivity index (χ1) is 7.89. The van der Waals surface area contributed by atoms with Crippen LogP contribution in [0.4, 0.5) is 4.39 Å². The van der Waals surface area contributed by atoms with Crippen LogP contribution in [0.5, 0.6) is 0 Å². The number of nitrogens with zero attached hydrogens (tertiary/aromatic N) is 2. The van der Waals surface area contributed by atoms with Crippen molar-refractivity contribution in [1.82, 2.24) is 10.1 Å². The van der Waals surface area contributed by atoms with Crippen LogP contribution >= 0.6 is 15.9 Å². The first-order valence-corrected chi connectivity index (χ1v) is 5.76. The molecule has 1 heterocycles. The maximum Gasteiger partial charge on any atom is 0.262 e. The second-order valence-electron chi connectivity index (χ2n) is 4.24. The summed E-state index contributed by atoms with van der Waals surface area (Å²) < 4.78 is 19.2. The lowest BCUT2D eigenvalue weighted by molar-refractivity contribution is 0.395. The third-order valence-corrected chi connectivity index (χ3v) is 2.84. The summed E-state index contributed by atoms with van der Waals surface area (Å²) in [6.07, 6.45) is 0. The molecule has 90 valence electrons. The lowest BCUT2D eigenvalue weighted by Crippen LogP contribution is -2.30. The maximum absolute atomic E-state index is 13.7. The minimum Gasteiger partial charge on any atom is -0.334 e. The summed E-state index contributed by atoms with van der Waals surface area (Å²) in [5.41, 5.74) is 5.36. The van der Waals surface area contributed by atoms with E-state index >= 15 is 0 Å². The number of hydrogen-bond acceptors (Lipinski definition) is 4. The van der Waals surface area contributed by atoms with Crippen molar-refractivity contribution in [2.45, 2.75) is 19.4 Å². The molecule has 0 spiro atoms. The molecule has 17 heavy (non-hydrogen) atoms. The molecule has 0 bridgehead atoms. The van der Waals surface area contributed by atoms with Crippen LogP contribution in [0.1, 0.15) is 19.7 Å². The summed E-state index contributed by atoms with van der Waals surface area (Å²) in [7, 11) is 0. The van der Waals surface area contributed by atoms with Crippen LogP contribution in [-0.2, 0) is 5.54 Å². The Kier molecular flexibility index (Phi) is 3.01. The molecule has 0 saturated carbocycles. The predicted octanol–water partition coefficient (Wildman–Crippen LogP) is 2.83. The van der Waals surface area contributed by atoms with E-state index in [2.05, 4.69) is 26.1 Å². The molecule has 0 aliphatic heterocycles. The molecule has 1 aromatic carbocycles. The molecule has 0 unspecified atom stereocenters. The Hall–Kier alpha value is -1.27. The summed E-state index contributed by atoms with van der Waals surface area (Å²) in [6.45, 7) is 3.50. The predicted molar refractivity (Wildman–Crippen MR) is 64.6 cm³/mol. The summed E-state index contributed by atoms with van der Waals surface area (Å²) >= 11 is 3.24. The van der Waals surface area contributed by atoms with Gasteiger partial charge in [0.2, 0.25) is 0 Å². The van der Waals surface area contributed by atoms with Gasteiger partial charge in [0.05, 0.1) is 11.1 Å². The van der Waals surface area contributed by atoms with Crippen LogP contribution in [-0.4, -0.2) is 10.1 Å². The SMILES string of the molecule is CC(C)(N)c1noc(-c2c(F)cccc2Br)n1. The molecule has 1 aromatic heterocycles. The van der Waals surface area contributed by atoms with E-state index in [1.807, 2.05) is 0 Å². The van der Waals surface area contributed by atoms with Gasteiger partial charge < -0.3 is 10.3 Å². The Morgan fingerprint density at radius 2 is 2.12 bits per heavy atom. The number of hydrogen-bond donors (Lipinski definition) is 1.